The second-order valence-corrected chi connectivity index (χ2v) is 7.24. The molecule has 0 unspecified atom stereocenters. The molecule has 1 fully saturated rings. The lowest BCUT2D eigenvalue weighted by molar-refractivity contribution is 0.0502. The summed E-state index contributed by atoms with van der Waals surface area (Å²) < 4.78 is 0. The molecule has 0 aromatic carbocycles. The van der Waals surface area contributed by atoms with Crippen LogP contribution in [0.1, 0.15) is 47.8 Å². The van der Waals surface area contributed by atoms with E-state index in [1.165, 1.54) is 32.4 Å². The number of amides is 1. The first-order valence-corrected chi connectivity index (χ1v) is 8.95. The fourth-order valence-corrected chi connectivity index (χ4v) is 3.99. The van der Waals surface area contributed by atoms with E-state index in [4.69, 9.17) is 5.21 Å². The van der Waals surface area contributed by atoms with Crippen LogP contribution in [0, 0.1) is 5.92 Å². The maximum Gasteiger partial charge on any atom is 0.276 e. The Labute approximate surface area is 143 Å². The Balaban J connectivity index is 1.52. The number of rotatable bonds is 6. The topological polar surface area (TPSA) is 68.7 Å². The fraction of sp³-hybridized carbons (Fsp3) is 0.667. The average molecular weight is 332 g/mol. The largest absolute Gasteiger partial charge is 0.306 e. The molecular formula is C18H28N4O2. The Morgan fingerprint density at radius 1 is 1.50 bits per heavy atom. The number of nitrogens with one attached hydrogen (secondary N) is 1. The molecule has 24 heavy (non-hydrogen) atoms. The highest BCUT2D eigenvalue weighted by Gasteiger charge is 2.35. The summed E-state index contributed by atoms with van der Waals surface area (Å²) in [5.74, 6) is 0.335. The Kier molecular flexibility index (Phi) is 5.48. The molecule has 1 amide bonds. The smallest absolute Gasteiger partial charge is 0.276 e. The molecule has 1 saturated carbocycles. The van der Waals surface area contributed by atoms with Crippen LogP contribution in [0.25, 0.3) is 0 Å². The number of pyridine rings is 1. The molecule has 2 aliphatic rings. The van der Waals surface area contributed by atoms with Crippen LogP contribution in [-0.4, -0.2) is 58.6 Å². The molecule has 132 valence electrons. The van der Waals surface area contributed by atoms with Gasteiger partial charge in [0.15, 0.2) is 0 Å². The summed E-state index contributed by atoms with van der Waals surface area (Å²) in [7, 11) is 2.22. The van der Waals surface area contributed by atoms with E-state index in [1.807, 2.05) is 6.07 Å². The molecule has 2 N–H and O–H groups in total. The zero-order valence-corrected chi connectivity index (χ0v) is 14.7. The van der Waals surface area contributed by atoms with Gasteiger partial charge < -0.3 is 4.90 Å². The van der Waals surface area contributed by atoms with Gasteiger partial charge in [0.05, 0.1) is 11.3 Å². The molecule has 0 spiro atoms. The first-order valence-electron chi connectivity index (χ1n) is 8.95. The Morgan fingerprint density at radius 3 is 3.00 bits per heavy atom. The average Bonchev–Trinajstić information content (AvgIpc) is 2.56. The van der Waals surface area contributed by atoms with E-state index in [9.17, 15) is 4.79 Å². The molecule has 1 aromatic heterocycles. The predicted octanol–water partition coefficient (Wildman–Crippen LogP) is 1.68. The minimum absolute atomic E-state index is 0.423. The molecule has 1 aromatic rings. The highest BCUT2D eigenvalue weighted by Crippen LogP contribution is 2.34. The van der Waals surface area contributed by atoms with Crippen molar-refractivity contribution in [2.45, 2.75) is 45.2 Å². The van der Waals surface area contributed by atoms with Crippen molar-refractivity contribution >= 4 is 5.91 Å². The SMILES string of the molecule is CCCN(C)CC1CC(N2CCc3cc(C(=O)NO)cnc3C2)C1. The van der Waals surface area contributed by atoms with Gasteiger partial charge in [-0.05, 0) is 56.8 Å². The molecule has 0 bridgehead atoms. The molecule has 1 aliphatic carbocycles. The van der Waals surface area contributed by atoms with E-state index in [2.05, 4.69) is 28.8 Å². The van der Waals surface area contributed by atoms with Crippen LogP contribution in [0.5, 0.6) is 0 Å². The van der Waals surface area contributed by atoms with Crippen molar-refractivity contribution in [3.05, 3.63) is 29.1 Å². The molecule has 2 heterocycles. The summed E-state index contributed by atoms with van der Waals surface area (Å²) in [4.78, 5) is 20.9. The van der Waals surface area contributed by atoms with Crippen LogP contribution >= 0.6 is 0 Å². The molecular weight excluding hydrogens is 304 g/mol. The molecule has 6 heteroatoms. The number of hydrogen-bond donors (Lipinski definition) is 2. The van der Waals surface area contributed by atoms with Gasteiger partial charge in [0.25, 0.3) is 5.91 Å². The van der Waals surface area contributed by atoms with Gasteiger partial charge >= 0.3 is 0 Å². The summed E-state index contributed by atoms with van der Waals surface area (Å²) in [6.07, 6.45) is 6.27. The molecule has 3 rings (SSSR count). The fourth-order valence-electron chi connectivity index (χ4n) is 3.99. The van der Waals surface area contributed by atoms with Gasteiger partial charge in [-0.15, -0.1) is 0 Å². The third kappa shape index (κ3) is 3.77. The maximum atomic E-state index is 11.5. The quantitative estimate of drug-likeness (QED) is 0.613. The van der Waals surface area contributed by atoms with Crippen molar-refractivity contribution in [1.82, 2.24) is 20.3 Å². The van der Waals surface area contributed by atoms with E-state index in [1.54, 1.807) is 11.7 Å². The summed E-state index contributed by atoms with van der Waals surface area (Å²) in [6, 6.07) is 2.54. The Morgan fingerprint density at radius 2 is 2.29 bits per heavy atom. The zero-order chi connectivity index (χ0) is 17.1. The lowest BCUT2D eigenvalue weighted by Gasteiger charge is -2.45. The predicted molar refractivity (Wildman–Crippen MR) is 91.9 cm³/mol. The standard InChI is InChI=1S/C18H28N4O2/c1-3-5-21(2)11-13-7-16(8-13)22-6-4-14-9-15(18(23)20-24)10-19-17(14)12-22/h9-10,13,16,24H,3-8,11-12H2,1-2H3,(H,20,23). The van der Waals surface area contributed by atoms with E-state index in [-0.39, 0.29) is 0 Å². The van der Waals surface area contributed by atoms with Gasteiger partial charge in [-0.2, -0.15) is 0 Å². The van der Waals surface area contributed by atoms with E-state index >= 15 is 0 Å². The van der Waals surface area contributed by atoms with E-state index in [0.29, 0.717) is 11.6 Å². The van der Waals surface area contributed by atoms with Crippen molar-refractivity contribution in [3.8, 4) is 0 Å². The minimum atomic E-state index is -0.495. The number of carbonyl (C=O) groups excluding carboxylic acids is 1. The van der Waals surface area contributed by atoms with Crippen molar-refractivity contribution in [2.75, 3.05) is 26.7 Å². The number of hydrogen-bond acceptors (Lipinski definition) is 5. The second kappa shape index (κ2) is 7.59. The van der Waals surface area contributed by atoms with Gasteiger partial charge in [-0.1, -0.05) is 6.92 Å². The monoisotopic (exact) mass is 332 g/mol. The molecule has 6 nitrogen and oxygen atoms in total. The highest BCUT2D eigenvalue weighted by molar-refractivity contribution is 5.93. The summed E-state index contributed by atoms with van der Waals surface area (Å²) in [5, 5.41) is 8.73. The number of carbonyl (C=O) groups is 1. The van der Waals surface area contributed by atoms with Crippen LogP contribution in [0.15, 0.2) is 12.3 Å². The molecule has 0 atom stereocenters. The van der Waals surface area contributed by atoms with Crippen LogP contribution < -0.4 is 5.48 Å². The Hall–Kier alpha value is -1.50. The number of hydroxylamine groups is 1. The van der Waals surface area contributed by atoms with Crippen molar-refractivity contribution < 1.29 is 10.0 Å². The third-order valence-corrected chi connectivity index (χ3v) is 5.35. The van der Waals surface area contributed by atoms with Gasteiger partial charge in [0, 0.05) is 31.9 Å². The Bertz CT molecular complexity index is 586. The summed E-state index contributed by atoms with van der Waals surface area (Å²) in [6.45, 7) is 6.53. The van der Waals surface area contributed by atoms with Gasteiger partial charge in [-0.25, -0.2) is 5.48 Å². The van der Waals surface area contributed by atoms with Gasteiger partial charge in [0.1, 0.15) is 0 Å². The lowest BCUT2D eigenvalue weighted by Crippen LogP contribution is -2.49. The highest BCUT2D eigenvalue weighted by atomic mass is 16.5. The first-order chi connectivity index (χ1) is 11.6. The van der Waals surface area contributed by atoms with Crippen molar-refractivity contribution in [3.63, 3.8) is 0 Å². The van der Waals surface area contributed by atoms with Crippen LogP contribution in [0.4, 0.5) is 0 Å². The lowest BCUT2D eigenvalue weighted by atomic mass is 9.78. The van der Waals surface area contributed by atoms with Crippen molar-refractivity contribution in [1.29, 1.82) is 0 Å². The maximum absolute atomic E-state index is 11.5. The van der Waals surface area contributed by atoms with Crippen LogP contribution in [0.3, 0.4) is 0 Å². The second-order valence-electron chi connectivity index (χ2n) is 7.24. The molecule has 1 aliphatic heterocycles. The number of fused-ring (bicyclic) bond motifs is 1. The van der Waals surface area contributed by atoms with Gasteiger partial charge in [0.2, 0.25) is 0 Å². The number of aromatic nitrogens is 1. The van der Waals surface area contributed by atoms with E-state index in [0.717, 1.165) is 36.7 Å². The summed E-state index contributed by atoms with van der Waals surface area (Å²) >= 11 is 0. The first kappa shape index (κ1) is 17.3. The normalized spacial score (nSPS) is 23.7. The van der Waals surface area contributed by atoms with Crippen molar-refractivity contribution in [2.24, 2.45) is 5.92 Å². The molecule has 0 saturated heterocycles. The van der Waals surface area contributed by atoms with Gasteiger partial charge in [-0.3, -0.25) is 19.9 Å². The minimum Gasteiger partial charge on any atom is -0.306 e. The van der Waals surface area contributed by atoms with Crippen LogP contribution in [0.2, 0.25) is 0 Å². The zero-order valence-electron chi connectivity index (χ0n) is 14.7. The van der Waals surface area contributed by atoms with Crippen LogP contribution in [-0.2, 0) is 13.0 Å². The summed E-state index contributed by atoms with van der Waals surface area (Å²) in [5.41, 5.74) is 4.29. The molecule has 0 radical (unpaired) electrons. The number of nitrogens with zero attached hydrogens (tertiary/aromatic N) is 3. The van der Waals surface area contributed by atoms with E-state index < -0.39 is 5.91 Å². The third-order valence-electron chi connectivity index (χ3n) is 5.35.